The Morgan fingerprint density at radius 2 is 1.87 bits per heavy atom. The summed E-state index contributed by atoms with van der Waals surface area (Å²) in [5.74, 6) is -0.00551. The number of carbonyl (C=O) groups excluding carboxylic acids is 1. The van der Waals surface area contributed by atoms with Crippen LogP contribution in [-0.4, -0.2) is 13.1 Å². The molecule has 0 spiro atoms. The first-order chi connectivity index (χ1) is 7.15. The lowest BCUT2D eigenvalue weighted by molar-refractivity contribution is -0.134. The molecule has 80 valence electrons. The number of ether oxygens (including phenoxy) is 1. The summed E-state index contributed by atoms with van der Waals surface area (Å²) >= 11 is 0. The van der Waals surface area contributed by atoms with Gasteiger partial charge in [-0.15, -0.1) is 0 Å². The smallest absolute Gasteiger partial charge is 0.330 e. The molecule has 15 heavy (non-hydrogen) atoms. The van der Waals surface area contributed by atoms with E-state index in [9.17, 15) is 4.79 Å². The van der Waals surface area contributed by atoms with E-state index < -0.39 is 0 Å². The highest BCUT2D eigenvalue weighted by Crippen LogP contribution is 2.22. The zero-order chi connectivity index (χ0) is 11.3. The standard InChI is InChI=1S/C13H16O2/c1-10(2)12(9-13(14)15-3)11-7-5-4-6-8-11/h4-10H,1-3H3/b12-9-. The van der Waals surface area contributed by atoms with Gasteiger partial charge in [0, 0.05) is 6.08 Å². The number of carbonyl (C=O) groups is 1. The van der Waals surface area contributed by atoms with Gasteiger partial charge in [-0.05, 0) is 17.1 Å². The third-order valence-electron chi connectivity index (χ3n) is 2.20. The topological polar surface area (TPSA) is 26.3 Å². The van der Waals surface area contributed by atoms with Gasteiger partial charge in [0.1, 0.15) is 0 Å². The minimum atomic E-state index is -0.303. The molecular weight excluding hydrogens is 188 g/mol. The van der Waals surface area contributed by atoms with Crippen molar-refractivity contribution >= 4 is 11.5 Å². The van der Waals surface area contributed by atoms with E-state index in [1.54, 1.807) is 6.08 Å². The maximum Gasteiger partial charge on any atom is 0.330 e. The van der Waals surface area contributed by atoms with Crippen molar-refractivity contribution in [3.05, 3.63) is 42.0 Å². The van der Waals surface area contributed by atoms with E-state index in [2.05, 4.69) is 18.6 Å². The number of rotatable bonds is 3. The SMILES string of the molecule is COC(=O)/C=C(\c1ccccc1)C(C)C. The normalized spacial score (nSPS) is 11.6. The predicted molar refractivity (Wildman–Crippen MR) is 61.3 cm³/mol. The molecule has 0 fully saturated rings. The molecule has 1 aromatic rings. The largest absolute Gasteiger partial charge is 0.466 e. The highest BCUT2D eigenvalue weighted by atomic mass is 16.5. The molecule has 2 nitrogen and oxygen atoms in total. The Kier molecular flexibility index (Phi) is 4.10. The summed E-state index contributed by atoms with van der Waals surface area (Å²) in [6.45, 7) is 4.11. The molecule has 0 unspecified atom stereocenters. The number of allylic oxidation sites excluding steroid dienone is 1. The van der Waals surface area contributed by atoms with E-state index in [-0.39, 0.29) is 5.97 Å². The van der Waals surface area contributed by atoms with Crippen LogP contribution in [0.15, 0.2) is 36.4 Å². The lowest BCUT2D eigenvalue weighted by Crippen LogP contribution is -2.01. The van der Waals surface area contributed by atoms with Crippen LogP contribution < -0.4 is 0 Å². The van der Waals surface area contributed by atoms with E-state index in [0.29, 0.717) is 5.92 Å². The molecule has 0 saturated heterocycles. The Balaban J connectivity index is 3.04. The van der Waals surface area contributed by atoms with Crippen LogP contribution in [0.25, 0.3) is 5.57 Å². The molecular formula is C13H16O2. The molecule has 0 N–H and O–H groups in total. The third-order valence-corrected chi connectivity index (χ3v) is 2.20. The van der Waals surface area contributed by atoms with Gasteiger partial charge in [-0.2, -0.15) is 0 Å². The number of hydrogen-bond donors (Lipinski definition) is 0. The average Bonchev–Trinajstić information content (AvgIpc) is 2.26. The first-order valence-corrected chi connectivity index (χ1v) is 5.00. The van der Waals surface area contributed by atoms with Gasteiger partial charge in [0.25, 0.3) is 0 Å². The summed E-state index contributed by atoms with van der Waals surface area (Å²) in [6.07, 6.45) is 1.56. The maximum atomic E-state index is 11.2. The van der Waals surface area contributed by atoms with Crippen LogP contribution in [0.4, 0.5) is 0 Å². The zero-order valence-corrected chi connectivity index (χ0v) is 9.36. The van der Waals surface area contributed by atoms with Gasteiger partial charge in [-0.25, -0.2) is 4.79 Å². The summed E-state index contributed by atoms with van der Waals surface area (Å²) in [5, 5.41) is 0. The van der Waals surface area contributed by atoms with Crippen molar-refractivity contribution in [3.63, 3.8) is 0 Å². The number of hydrogen-bond acceptors (Lipinski definition) is 2. The summed E-state index contributed by atoms with van der Waals surface area (Å²) in [4.78, 5) is 11.2. The van der Waals surface area contributed by atoms with E-state index >= 15 is 0 Å². The third kappa shape index (κ3) is 3.24. The monoisotopic (exact) mass is 204 g/mol. The Morgan fingerprint density at radius 3 is 2.33 bits per heavy atom. The van der Waals surface area contributed by atoms with Crippen molar-refractivity contribution < 1.29 is 9.53 Å². The molecule has 0 radical (unpaired) electrons. The Labute approximate surface area is 90.6 Å². The number of benzene rings is 1. The average molecular weight is 204 g/mol. The first-order valence-electron chi connectivity index (χ1n) is 5.00. The molecule has 0 aromatic heterocycles. The zero-order valence-electron chi connectivity index (χ0n) is 9.36. The van der Waals surface area contributed by atoms with Crippen molar-refractivity contribution in [1.82, 2.24) is 0 Å². The van der Waals surface area contributed by atoms with Gasteiger partial charge in [0.05, 0.1) is 7.11 Å². The van der Waals surface area contributed by atoms with Crippen molar-refractivity contribution in [2.75, 3.05) is 7.11 Å². The predicted octanol–water partition coefficient (Wildman–Crippen LogP) is 2.90. The van der Waals surface area contributed by atoms with Gasteiger partial charge in [-0.1, -0.05) is 44.2 Å². The molecule has 1 aromatic carbocycles. The minimum absolute atomic E-state index is 0.298. The summed E-state index contributed by atoms with van der Waals surface area (Å²) in [7, 11) is 1.39. The summed E-state index contributed by atoms with van der Waals surface area (Å²) < 4.78 is 4.64. The molecule has 0 bridgehead atoms. The second-order valence-electron chi connectivity index (χ2n) is 3.64. The van der Waals surface area contributed by atoms with E-state index in [1.807, 2.05) is 30.3 Å². The van der Waals surface area contributed by atoms with E-state index in [4.69, 9.17) is 0 Å². The van der Waals surface area contributed by atoms with Gasteiger partial charge in [0.15, 0.2) is 0 Å². The van der Waals surface area contributed by atoms with Crippen molar-refractivity contribution in [3.8, 4) is 0 Å². The van der Waals surface area contributed by atoms with Crippen LogP contribution in [0.3, 0.4) is 0 Å². The Morgan fingerprint density at radius 1 is 1.27 bits per heavy atom. The van der Waals surface area contributed by atoms with Crippen LogP contribution in [0.2, 0.25) is 0 Å². The fourth-order valence-corrected chi connectivity index (χ4v) is 1.40. The fourth-order valence-electron chi connectivity index (χ4n) is 1.40. The van der Waals surface area contributed by atoms with Crippen LogP contribution in [0, 0.1) is 5.92 Å². The second-order valence-corrected chi connectivity index (χ2v) is 3.64. The summed E-state index contributed by atoms with van der Waals surface area (Å²) in [6, 6.07) is 9.87. The molecule has 0 aliphatic heterocycles. The van der Waals surface area contributed by atoms with Gasteiger partial charge < -0.3 is 4.74 Å². The molecule has 0 aliphatic rings. The minimum Gasteiger partial charge on any atom is -0.466 e. The molecule has 0 amide bonds. The van der Waals surface area contributed by atoms with Crippen molar-refractivity contribution in [1.29, 1.82) is 0 Å². The molecule has 0 aliphatic carbocycles. The van der Waals surface area contributed by atoms with Crippen LogP contribution in [-0.2, 0) is 9.53 Å². The molecule has 0 saturated carbocycles. The Hall–Kier alpha value is -1.57. The highest BCUT2D eigenvalue weighted by molar-refractivity contribution is 5.91. The lowest BCUT2D eigenvalue weighted by atomic mass is 9.95. The number of esters is 1. The Bertz CT molecular complexity index is 350. The molecule has 1 rings (SSSR count). The lowest BCUT2D eigenvalue weighted by Gasteiger charge is -2.10. The van der Waals surface area contributed by atoms with Gasteiger partial charge in [0.2, 0.25) is 0 Å². The first kappa shape index (κ1) is 11.5. The highest BCUT2D eigenvalue weighted by Gasteiger charge is 2.08. The molecule has 2 heteroatoms. The number of methoxy groups -OCH3 is 1. The van der Waals surface area contributed by atoms with E-state index in [1.165, 1.54) is 7.11 Å². The van der Waals surface area contributed by atoms with Gasteiger partial charge >= 0.3 is 5.97 Å². The van der Waals surface area contributed by atoms with E-state index in [0.717, 1.165) is 11.1 Å². The molecule has 0 heterocycles. The quantitative estimate of drug-likeness (QED) is 0.559. The van der Waals surface area contributed by atoms with Gasteiger partial charge in [-0.3, -0.25) is 0 Å². The maximum absolute atomic E-state index is 11.2. The molecule has 0 atom stereocenters. The second kappa shape index (κ2) is 5.35. The fraction of sp³-hybridized carbons (Fsp3) is 0.308. The van der Waals surface area contributed by atoms with Crippen LogP contribution >= 0.6 is 0 Å². The van der Waals surface area contributed by atoms with Crippen molar-refractivity contribution in [2.24, 2.45) is 5.92 Å². The van der Waals surface area contributed by atoms with Crippen molar-refractivity contribution in [2.45, 2.75) is 13.8 Å². The van der Waals surface area contributed by atoms with Crippen LogP contribution in [0.5, 0.6) is 0 Å². The summed E-state index contributed by atoms with van der Waals surface area (Å²) in [5.41, 5.74) is 2.07. The van der Waals surface area contributed by atoms with Crippen LogP contribution in [0.1, 0.15) is 19.4 Å².